The highest BCUT2D eigenvalue weighted by atomic mass is 16.2. The molecule has 6 N–H and O–H groups in total. The Balaban J connectivity index is 1.24. The molecule has 204 valence electrons. The van der Waals surface area contributed by atoms with Gasteiger partial charge in [0.25, 0.3) is 0 Å². The molecule has 0 bridgehead atoms. The van der Waals surface area contributed by atoms with Crippen molar-refractivity contribution in [1.82, 2.24) is 20.9 Å². The van der Waals surface area contributed by atoms with Crippen molar-refractivity contribution >= 4 is 11.6 Å². The molecule has 5 rings (SSSR count). The van der Waals surface area contributed by atoms with Gasteiger partial charge < -0.3 is 21.7 Å². The van der Waals surface area contributed by atoms with Gasteiger partial charge in [0.15, 0.2) is 0 Å². The van der Waals surface area contributed by atoms with E-state index in [1.165, 1.54) is 49.7 Å². The number of fused-ring (bicyclic) bond motifs is 1. The Morgan fingerprint density at radius 1 is 1.08 bits per heavy atom. The number of piperidine rings is 2. The van der Waals surface area contributed by atoms with Crippen LogP contribution >= 0.6 is 0 Å². The maximum atomic E-state index is 13.4. The van der Waals surface area contributed by atoms with Crippen molar-refractivity contribution < 1.29 is 4.79 Å². The predicted molar refractivity (Wildman–Crippen MR) is 151 cm³/mol. The molecule has 1 amide bonds. The lowest BCUT2D eigenvalue weighted by atomic mass is 9.76. The topological polar surface area (TPSA) is 94.5 Å². The van der Waals surface area contributed by atoms with Gasteiger partial charge in [0.1, 0.15) is 6.04 Å². The van der Waals surface area contributed by atoms with Crippen LogP contribution in [0.5, 0.6) is 0 Å². The number of nitrogens with one attached hydrogen (secondary N) is 4. The maximum Gasteiger partial charge on any atom is 0.244 e. The average Bonchev–Trinajstić information content (AvgIpc) is 3.34. The fourth-order valence-electron chi connectivity index (χ4n) is 7.14. The molecule has 2 saturated heterocycles. The monoisotopic (exact) mass is 508 g/mol. The summed E-state index contributed by atoms with van der Waals surface area (Å²) in [5.74, 6) is 1.51. The Kier molecular flexibility index (Phi) is 9.19. The molecule has 0 saturated carbocycles. The van der Waals surface area contributed by atoms with Crippen LogP contribution in [0.3, 0.4) is 0 Å². The van der Waals surface area contributed by atoms with E-state index in [0.717, 1.165) is 56.9 Å². The van der Waals surface area contributed by atoms with E-state index in [1.807, 2.05) is 0 Å². The Bertz CT molecular complexity index is 927. The molecule has 7 nitrogen and oxygen atoms in total. The first-order valence-corrected chi connectivity index (χ1v) is 14.8. The summed E-state index contributed by atoms with van der Waals surface area (Å²) >= 11 is 0. The van der Waals surface area contributed by atoms with Crippen molar-refractivity contribution in [3.63, 3.8) is 0 Å². The number of nitrogens with zero attached hydrogens (tertiary/aromatic N) is 1. The number of anilines is 1. The number of hydrogen-bond donors (Lipinski definition) is 5. The summed E-state index contributed by atoms with van der Waals surface area (Å²) in [6.45, 7) is 5.91. The van der Waals surface area contributed by atoms with Crippen molar-refractivity contribution in [2.24, 2.45) is 17.6 Å². The van der Waals surface area contributed by atoms with Gasteiger partial charge in [0.05, 0.1) is 12.3 Å². The van der Waals surface area contributed by atoms with Crippen LogP contribution in [0, 0.1) is 18.8 Å². The zero-order valence-electron chi connectivity index (χ0n) is 22.7. The van der Waals surface area contributed by atoms with Gasteiger partial charge in [-0.3, -0.25) is 15.0 Å². The van der Waals surface area contributed by atoms with Crippen molar-refractivity contribution in [1.29, 1.82) is 0 Å². The molecule has 1 aliphatic carbocycles. The second kappa shape index (κ2) is 12.7. The van der Waals surface area contributed by atoms with Crippen molar-refractivity contribution in [2.45, 2.75) is 95.5 Å². The smallest absolute Gasteiger partial charge is 0.244 e. The van der Waals surface area contributed by atoms with E-state index < -0.39 is 0 Å². The number of benzene rings is 1. The van der Waals surface area contributed by atoms with Crippen LogP contribution in [0.15, 0.2) is 30.4 Å². The molecule has 7 heteroatoms. The normalized spacial score (nSPS) is 32.1. The molecule has 0 aromatic heterocycles. The summed E-state index contributed by atoms with van der Waals surface area (Å²) < 4.78 is 0. The maximum absolute atomic E-state index is 13.4. The summed E-state index contributed by atoms with van der Waals surface area (Å²) in [6, 6.07) is 6.73. The van der Waals surface area contributed by atoms with E-state index in [2.05, 4.69) is 63.4 Å². The number of amides is 1. The number of para-hydroxylation sites is 1. The summed E-state index contributed by atoms with van der Waals surface area (Å²) in [7, 11) is 0. The second-order valence-corrected chi connectivity index (χ2v) is 11.8. The third kappa shape index (κ3) is 6.75. The number of hydrogen-bond acceptors (Lipinski definition) is 6. The van der Waals surface area contributed by atoms with E-state index in [9.17, 15) is 4.79 Å². The summed E-state index contributed by atoms with van der Waals surface area (Å²) in [5.41, 5.74) is 9.31. The highest BCUT2D eigenvalue weighted by molar-refractivity contribution is 5.88. The first-order valence-electron chi connectivity index (χ1n) is 14.8. The van der Waals surface area contributed by atoms with Gasteiger partial charge in [-0.15, -0.1) is 0 Å². The molecule has 5 unspecified atom stereocenters. The molecule has 4 aliphatic rings. The van der Waals surface area contributed by atoms with Crippen LogP contribution < -0.4 is 27.0 Å². The molecular formula is C30H48N6O. The van der Waals surface area contributed by atoms with Crippen molar-refractivity contribution in [3.8, 4) is 0 Å². The molecule has 1 aromatic rings. The number of rotatable bonds is 7. The van der Waals surface area contributed by atoms with E-state index in [1.54, 1.807) is 0 Å². The summed E-state index contributed by atoms with van der Waals surface area (Å²) in [5, 5.41) is 14.4. The van der Waals surface area contributed by atoms with Crippen molar-refractivity contribution in [3.05, 3.63) is 41.5 Å². The Morgan fingerprint density at radius 3 is 2.73 bits per heavy atom. The second-order valence-electron chi connectivity index (χ2n) is 11.8. The molecule has 0 spiro atoms. The van der Waals surface area contributed by atoms with Gasteiger partial charge in [-0.1, -0.05) is 30.4 Å². The van der Waals surface area contributed by atoms with Crippen LogP contribution in [-0.4, -0.2) is 61.4 Å². The number of allylic oxidation sites excluding steroid dienone is 2. The number of aryl methyl sites for hydroxylation is 1. The molecule has 3 heterocycles. The van der Waals surface area contributed by atoms with E-state index >= 15 is 0 Å². The standard InChI is InChI=1S/C30H48N6O/c1-21-8-7-11-23-18-26(33-29(21)23)30(37)35-27-19-24(22-9-5-3-2-4-6-10-22)20-28(34-27)36-16-12-25(13-17-36)32-15-14-31/h2-3,7-8,11,22,24-28,32-34H,4-6,9-10,12-20,31H2,1H3,(H,35,37)/b3-2-. The van der Waals surface area contributed by atoms with E-state index in [0.29, 0.717) is 24.7 Å². The van der Waals surface area contributed by atoms with E-state index in [-0.39, 0.29) is 18.1 Å². The van der Waals surface area contributed by atoms with Gasteiger partial charge in [-0.25, -0.2) is 0 Å². The largest absolute Gasteiger partial charge is 0.373 e. The Labute approximate surface area is 223 Å². The van der Waals surface area contributed by atoms with Gasteiger partial charge in [0.2, 0.25) is 5.91 Å². The lowest BCUT2D eigenvalue weighted by Gasteiger charge is -2.46. The third-order valence-corrected chi connectivity index (χ3v) is 9.22. The molecule has 5 atom stereocenters. The zero-order chi connectivity index (χ0) is 25.6. The number of carbonyl (C=O) groups excluding carboxylic acids is 1. The van der Waals surface area contributed by atoms with Crippen LogP contribution in [0.25, 0.3) is 0 Å². The fraction of sp³-hybridized carbons (Fsp3) is 0.700. The minimum absolute atomic E-state index is 0.0249. The first kappa shape index (κ1) is 26.7. The highest BCUT2D eigenvalue weighted by Crippen LogP contribution is 2.36. The van der Waals surface area contributed by atoms with Gasteiger partial charge in [-0.2, -0.15) is 0 Å². The Hall–Kier alpha value is -1.93. The quantitative estimate of drug-likeness (QED) is 0.363. The molecule has 0 radical (unpaired) electrons. The molecule has 2 fully saturated rings. The minimum Gasteiger partial charge on any atom is -0.373 e. The summed E-state index contributed by atoms with van der Waals surface area (Å²) in [6.07, 6.45) is 16.7. The zero-order valence-corrected chi connectivity index (χ0v) is 22.7. The first-order chi connectivity index (χ1) is 18.1. The lowest BCUT2D eigenvalue weighted by Crippen LogP contribution is -2.63. The van der Waals surface area contributed by atoms with Crippen LogP contribution in [-0.2, 0) is 11.2 Å². The Morgan fingerprint density at radius 2 is 1.92 bits per heavy atom. The highest BCUT2D eigenvalue weighted by Gasteiger charge is 2.38. The van der Waals surface area contributed by atoms with Gasteiger partial charge in [0, 0.05) is 44.3 Å². The van der Waals surface area contributed by atoms with Crippen molar-refractivity contribution in [2.75, 3.05) is 31.5 Å². The number of carbonyl (C=O) groups is 1. The molecule has 1 aromatic carbocycles. The molecular weight excluding hydrogens is 460 g/mol. The third-order valence-electron chi connectivity index (χ3n) is 9.22. The number of nitrogens with two attached hydrogens (primary N) is 1. The van der Waals surface area contributed by atoms with Gasteiger partial charge >= 0.3 is 0 Å². The van der Waals surface area contributed by atoms with E-state index in [4.69, 9.17) is 5.73 Å². The molecule has 37 heavy (non-hydrogen) atoms. The van der Waals surface area contributed by atoms with Gasteiger partial charge in [-0.05, 0) is 87.7 Å². The average molecular weight is 509 g/mol. The van der Waals surface area contributed by atoms with Crippen LogP contribution in [0.2, 0.25) is 0 Å². The minimum atomic E-state index is -0.187. The lowest BCUT2D eigenvalue weighted by molar-refractivity contribution is -0.123. The van der Waals surface area contributed by atoms with Crippen LogP contribution in [0.4, 0.5) is 5.69 Å². The number of likely N-dealkylation sites (tertiary alicyclic amines) is 1. The summed E-state index contributed by atoms with van der Waals surface area (Å²) in [4.78, 5) is 16.1. The predicted octanol–water partition coefficient (Wildman–Crippen LogP) is 3.25. The fourth-order valence-corrected chi connectivity index (χ4v) is 7.14. The SMILES string of the molecule is Cc1cccc2c1NC(C(=O)NC1CC(C3CC/C=C\CCC3)CC(N3CCC(NCCN)CC3)N1)C2. The molecule has 3 aliphatic heterocycles. The van der Waals surface area contributed by atoms with Crippen LogP contribution in [0.1, 0.15) is 68.9 Å².